The fraction of sp³-hybridized carbons (Fsp3) is 0.167. The van der Waals surface area contributed by atoms with Gasteiger partial charge in [-0.2, -0.15) is 5.10 Å². The van der Waals surface area contributed by atoms with Gasteiger partial charge >= 0.3 is 0 Å². The molecular weight excluding hydrogens is 361 g/mol. The van der Waals surface area contributed by atoms with Gasteiger partial charge < -0.3 is 5.32 Å². The predicted octanol–water partition coefficient (Wildman–Crippen LogP) is 4.11. The number of benzene rings is 2. The van der Waals surface area contributed by atoms with E-state index in [1.165, 1.54) is 6.21 Å². The van der Waals surface area contributed by atoms with Crippen LogP contribution in [0.25, 0.3) is 0 Å². The number of amides is 2. The molecule has 0 unspecified atom stereocenters. The van der Waals surface area contributed by atoms with E-state index in [1.807, 2.05) is 0 Å². The zero-order valence-corrected chi connectivity index (χ0v) is 14.6. The van der Waals surface area contributed by atoms with Gasteiger partial charge in [0.2, 0.25) is 5.91 Å². The van der Waals surface area contributed by atoms with Crippen molar-refractivity contribution in [1.29, 1.82) is 0 Å². The molecule has 2 aromatic rings. The number of halogens is 2. The monoisotopic (exact) mass is 375 g/mol. The highest BCUT2D eigenvalue weighted by atomic mass is 35.5. The van der Waals surface area contributed by atoms with E-state index in [2.05, 4.69) is 15.8 Å². The van der Waals surface area contributed by atoms with Crippen LogP contribution in [0.4, 0.5) is 5.69 Å². The summed E-state index contributed by atoms with van der Waals surface area (Å²) in [7, 11) is 0. The minimum atomic E-state index is -0.366. The minimum Gasteiger partial charge on any atom is -0.326 e. The lowest BCUT2D eigenvalue weighted by Gasteiger charge is -2.05. The third-order valence-electron chi connectivity index (χ3n) is 3.71. The highest BCUT2D eigenvalue weighted by molar-refractivity contribution is 6.43. The Hall–Kier alpha value is -2.37. The molecule has 0 spiro atoms. The summed E-state index contributed by atoms with van der Waals surface area (Å²) in [4.78, 5) is 23.8. The first kappa shape index (κ1) is 17.5. The molecule has 25 heavy (non-hydrogen) atoms. The molecule has 0 atom stereocenters. The van der Waals surface area contributed by atoms with Crippen molar-refractivity contribution in [2.45, 2.75) is 12.8 Å². The lowest BCUT2D eigenvalue weighted by Crippen LogP contribution is -2.18. The van der Waals surface area contributed by atoms with Gasteiger partial charge in [0.25, 0.3) is 5.91 Å². The van der Waals surface area contributed by atoms with Crippen LogP contribution in [0.2, 0.25) is 10.0 Å². The topological polar surface area (TPSA) is 70.6 Å². The molecule has 0 radical (unpaired) electrons. The van der Waals surface area contributed by atoms with Crippen molar-refractivity contribution < 1.29 is 9.59 Å². The van der Waals surface area contributed by atoms with Crippen LogP contribution in [0, 0.1) is 5.92 Å². The van der Waals surface area contributed by atoms with Crippen LogP contribution in [0.1, 0.15) is 28.8 Å². The molecule has 128 valence electrons. The second-order valence-electron chi connectivity index (χ2n) is 5.68. The van der Waals surface area contributed by atoms with Gasteiger partial charge in [-0.1, -0.05) is 35.3 Å². The zero-order chi connectivity index (χ0) is 17.8. The van der Waals surface area contributed by atoms with E-state index in [9.17, 15) is 9.59 Å². The van der Waals surface area contributed by atoms with Gasteiger partial charge in [0.1, 0.15) is 0 Å². The standard InChI is InChI=1S/C18H15Cl2N3O2/c19-15-3-1-2-13(16(15)20)10-21-23-18(25)12-6-8-14(9-7-12)22-17(24)11-4-5-11/h1-3,6-11H,4-5H2,(H,22,24)(H,23,25)/b21-10+. The third kappa shape index (κ3) is 4.59. The van der Waals surface area contributed by atoms with Crippen LogP contribution in [-0.2, 0) is 4.79 Å². The second-order valence-corrected chi connectivity index (χ2v) is 6.47. The van der Waals surface area contributed by atoms with Crippen molar-refractivity contribution in [2.24, 2.45) is 11.0 Å². The lowest BCUT2D eigenvalue weighted by molar-refractivity contribution is -0.117. The fourth-order valence-electron chi connectivity index (χ4n) is 2.14. The normalized spacial score (nSPS) is 13.7. The Labute approximate surface area is 155 Å². The molecule has 0 saturated heterocycles. The molecule has 0 bridgehead atoms. The molecule has 2 amide bonds. The highest BCUT2D eigenvalue weighted by Gasteiger charge is 2.29. The molecule has 1 aliphatic carbocycles. The van der Waals surface area contributed by atoms with Crippen LogP contribution in [0.15, 0.2) is 47.6 Å². The first-order chi connectivity index (χ1) is 12.0. The molecule has 7 heteroatoms. The Kier molecular flexibility index (Phi) is 5.36. The Morgan fingerprint density at radius 1 is 1.08 bits per heavy atom. The number of carbonyl (C=O) groups excluding carboxylic acids is 2. The van der Waals surface area contributed by atoms with Crippen molar-refractivity contribution in [2.75, 3.05) is 5.32 Å². The molecule has 1 saturated carbocycles. The summed E-state index contributed by atoms with van der Waals surface area (Å²) in [5.74, 6) is -0.203. The van der Waals surface area contributed by atoms with Gasteiger partial charge in [0.05, 0.1) is 16.3 Å². The Morgan fingerprint density at radius 3 is 2.48 bits per heavy atom. The predicted molar refractivity (Wildman–Crippen MR) is 99.3 cm³/mol. The summed E-state index contributed by atoms with van der Waals surface area (Å²) >= 11 is 12.0. The number of anilines is 1. The summed E-state index contributed by atoms with van der Waals surface area (Å²) in [5.41, 5.74) is 4.13. The molecule has 0 heterocycles. The fourth-order valence-corrected chi connectivity index (χ4v) is 2.50. The van der Waals surface area contributed by atoms with Crippen molar-refractivity contribution >= 4 is 46.9 Å². The van der Waals surface area contributed by atoms with Gasteiger partial charge in [0.15, 0.2) is 0 Å². The van der Waals surface area contributed by atoms with Gasteiger partial charge in [-0.25, -0.2) is 5.43 Å². The highest BCUT2D eigenvalue weighted by Crippen LogP contribution is 2.30. The number of hydrogen-bond donors (Lipinski definition) is 2. The van der Waals surface area contributed by atoms with Crippen molar-refractivity contribution in [3.8, 4) is 0 Å². The zero-order valence-electron chi connectivity index (χ0n) is 13.1. The van der Waals surface area contributed by atoms with Crippen molar-refractivity contribution in [3.63, 3.8) is 0 Å². The Balaban J connectivity index is 1.58. The van der Waals surface area contributed by atoms with E-state index in [-0.39, 0.29) is 17.7 Å². The third-order valence-corrected chi connectivity index (χ3v) is 4.55. The number of nitrogens with zero attached hydrogens (tertiary/aromatic N) is 1. The number of hydrazone groups is 1. The summed E-state index contributed by atoms with van der Waals surface area (Å²) in [6.45, 7) is 0. The van der Waals surface area contributed by atoms with Gasteiger partial charge in [-0.15, -0.1) is 0 Å². The maximum atomic E-state index is 12.1. The first-order valence-corrected chi connectivity index (χ1v) is 8.48. The van der Waals surface area contributed by atoms with E-state index in [1.54, 1.807) is 42.5 Å². The molecule has 1 fully saturated rings. The van der Waals surface area contributed by atoms with E-state index in [0.717, 1.165) is 12.8 Å². The van der Waals surface area contributed by atoms with Crippen LogP contribution < -0.4 is 10.7 Å². The van der Waals surface area contributed by atoms with Crippen LogP contribution in [0.3, 0.4) is 0 Å². The van der Waals surface area contributed by atoms with Gasteiger partial charge in [-0.3, -0.25) is 9.59 Å². The molecular formula is C18H15Cl2N3O2. The lowest BCUT2D eigenvalue weighted by atomic mass is 10.2. The molecule has 5 nitrogen and oxygen atoms in total. The largest absolute Gasteiger partial charge is 0.326 e. The summed E-state index contributed by atoms with van der Waals surface area (Å²) in [6, 6.07) is 11.8. The minimum absolute atomic E-state index is 0.0280. The Morgan fingerprint density at radius 2 is 1.80 bits per heavy atom. The molecule has 0 aliphatic heterocycles. The van der Waals surface area contributed by atoms with E-state index < -0.39 is 0 Å². The average molecular weight is 376 g/mol. The smallest absolute Gasteiger partial charge is 0.271 e. The molecule has 1 aliphatic rings. The number of hydrogen-bond acceptors (Lipinski definition) is 3. The molecule has 2 N–H and O–H groups in total. The van der Waals surface area contributed by atoms with Crippen LogP contribution in [-0.4, -0.2) is 18.0 Å². The van der Waals surface area contributed by atoms with Crippen molar-refractivity contribution in [3.05, 3.63) is 63.6 Å². The van der Waals surface area contributed by atoms with E-state index >= 15 is 0 Å². The van der Waals surface area contributed by atoms with Crippen LogP contribution >= 0.6 is 23.2 Å². The first-order valence-electron chi connectivity index (χ1n) is 7.73. The van der Waals surface area contributed by atoms with Crippen LogP contribution in [0.5, 0.6) is 0 Å². The molecule has 0 aromatic heterocycles. The number of rotatable bonds is 5. The maximum Gasteiger partial charge on any atom is 0.271 e. The second kappa shape index (κ2) is 7.68. The number of nitrogens with one attached hydrogen (secondary N) is 2. The summed E-state index contributed by atoms with van der Waals surface area (Å²) < 4.78 is 0. The van der Waals surface area contributed by atoms with Gasteiger partial charge in [0, 0.05) is 22.7 Å². The van der Waals surface area contributed by atoms with Gasteiger partial charge in [-0.05, 0) is 43.2 Å². The van der Waals surface area contributed by atoms with E-state index in [0.29, 0.717) is 26.9 Å². The van der Waals surface area contributed by atoms with Crippen molar-refractivity contribution in [1.82, 2.24) is 5.43 Å². The molecule has 2 aromatic carbocycles. The summed E-state index contributed by atoms with van der Waals surface area (Å²) in [6.07, 6.45) is 3.32. The Bertz CT molecular complexity index is 831. The molecule has 3 rings (SSSR count). The quantitative estimate of drug-likeness (QED) is 0.609. The average Bonchev–Trinajstić information content (AvgIpc) is 3.44. The number of carbonyl (C=O) groups is 2. The summed E-state index contributed by atoms with van der Waals surface area (Å²) in [5, 5.41) is 7.49. The van der Waals surface area contributed by atoms with E-state index in [4.69, 9.17) is 23.2 Å². The SMILES string of the molecule is O=C(N/N=C/c1cccc(Cl)c1Cl)c1ccc(NC(=O)C2CC2)cc1. The maximum absolute atomic E-state index is 12.1.